The Morgan fingerprint density at radius 3 is 2.67 bits per heavy atom. The van der Waals surface area contributed by atoms with E-state index in [1.165, 1.54) is 0 Å². The van der Waals surface area contributed by atoms with Crippen molar-refractivity contribution in [2.75, 3.05) is 6.61 Å². The number of hydrogen-bond donors (Lipinski definition) is 1. The molecule has 4 aliphatic rings. The van der Waals surface area contributed by atoms with Gasteiger partial charge >= 0.3 is 0 Å². The van der Waals surface area contributed by atoms with Crippen molar-refractivity contribution >= 4 is 17.3 Å². The van der Waals surface area contributed by atoms with E-state index < -0.39 is 5.79 Å². The molecule has 4 rings (SSSR count). The Morgan fingerprint density at radius 1 is 1.19 bits per heavy atom. The van der Waals surface area contributed by atoms with Crippen LogP contribution < -0.4 is 5.32 Å². The van der Waals surface area contributed by atoms with Crippen LogP contribution in [0.2, 0.25) is 0 Å². The molecule has 0 spiro atoms. The van der Waals surface area contributed by atoms with Crippen molar-refractivity contribution < 1.29 is 18.9 Å². The Morgan fingerprint density at radius 2 is 1.90 bits per heavy atom. The number of ether oxygens (including phenoxy) is 4. The molecule has 21 heavy (non-hydrogen) atoms. The third-order valence-corrected chi connectivity index (χ3v) is 4.84. The van der Waals surface area contributed by atoms with Crippen molar-refractivity contribution in [3.63, 3.8) is 0 Å². The Kier molecular flexibility index (Phi) is 2.89. The summed E-state index contributed by atoms with van der Waals surface area (Å²) < 4.78 is 24.2. The van der Waals surface area contributed by atoms with Gasteiger partial charge in [0.15, 0.2) is 17.1 Å². The van der Waals surface area contributed by atoms with E-state index in [4.69, 9.17) is 31.2 Å². The standard InChI is InChI=1S/C14H22N2O4S/c1-13(2)5-8-16(12(21)15-13)11-10-9(7(18-11)6-17-8)19-14(3,4)20-10/h7-11H,5-6H2,1-4H3,(H,15,21)/t7-,8?,9-,10-,11-/m1/s1. The van der Waals surface area contributed by atoms with Gasteiger partial charge in [-0.2, -0.15) is 0 Å². The van der Waals surface area contributed by atoms with E-state index in [1.807, 2.05) is 18.7 Å². The van der Waals surface area contributed by atoms with Gasteiger partial charge in [0.25, 0.3) is 0 Å². The molecule has 4 saturated heterocycles. The highest BCUT2D eigenvalue weighted by Gasteiger charge is 2.60. The summed E-state index contributed by atoms with van der Waals surface area (Å²) in [6.07, 6.45) is 0.211. The fourth-order valence-electron chi connectivity index (χ4n) is 3.71. The van der Waals surface area contributed by atoms with Gasteiger partial charge in [-0.1, -0.05) is 0 Å². The summed E-state index contributed by atoms with van der Waals surface area (Å²) in [6, 6.07) is 0. The molecule has 0 aromatic heterocycles. The fourth-order valence-corrected chi connectivity index (χ4v) is 4.21. The number of nitrogens with one attached hydrogen (secondary N) is 1. The summed E-state index contributed by atoms with van der Waals surface area (Å²) in [4.78, 5) is 2.01. The SMILES string of the molecule is CC1(C)CC2OC[C@H]3O[C@H]([C@@H]4OC(C)(C)O[C@@H]43)N2C(=S)N1. The molecular formula is C14H22N2O4S. The van der Waals surface area contributed by atoms with Crippen LogP contribution in [0.4, 0.5) is 0 Å². The maximum atomic E-state index is 6.11. The average Bonchev–Trinajstić information content (AvgIpc) is 2.71. The lowest BCUT2D eigenvalue weighted by Gasteiger charge is -2.47. The van der Waals surface area contributed by atoms with Crippen molar-refractivity contribution in [1.82, 2.24) is 10.2 Å². The fraction of sp³-hybridized carbons (Fsp3) is 0.929. The quantitative estimate of drug-likeness (QED) is 0.668. The van der Waals surface area contributed by atoms with Gasteiger partial charge in [-0.15, -0.1) is 0 Å². The molecular weight excluding hydrogens is 292 g/mol. The number of fused-ring (bicyclic) bond motifs is 7. The van der Waals surface area contributed by atoms with E-state index in [9.17, 15) is 0 Å². The zero-order valence-electron chi connectivity index (χ0n) is 12.8. The first-order valence-electron chi connectivity index (χ1n) is 7.49. The highest BCUT2D eigenvalue weighted by Crippen LogP contribution is 2.43. The van der Waals surface area contributed by atoms with E-state index in [0.717, 1.165) is 6.42 Å². The summed E-state index contributed by atoms with van der Waals surface area (Å²) in [6.45, 7) is 8.64. The van der Waals surface area contributed by atoms with Crippen LogP contribution in [-0.2, 0) is 18.9 Å². The van der Waals surface area contributed by atoms with E-state index in [0.29, 0.717) is 11.7 Å². The van der Waals surface area contributed by atoms with Crippen LogP contribution in [0.3, 0.4) is 0 Å². The van der Waals surface area contributed by atoms with Crippen LogP contribution in [0.1, 0.15) is 34.1 Å². The zero-order chi connectivity index (χ0) is 15.0. The normalized spacial score (nSPS) is 46.6. The maximum absolute atomic E-state index is 6.11. The topological polar surface area (TPSA) is 52.2 Å². The first kappa shape index (κ1) is 14.1. The predicted octanol–water partition coefficient (Wildman–Crippen LogP) is 0.947. The summed E-state index contributed by atoms with van der Waals surface area (Å²) in [7, 11) is 0. The minimum atomic E-state index is -0.584. The molecule has 0 amide bonds. The monoisotopic (exact) mass is 314 g/mol. The van der Waals surface area contributed by atoms with Crippen LogP contribution in [0.25, 0.3) is 0 Å². The Hall–Kier alpha value is -0.470. The minimum Gasteiger partial charge on any atom is -0.357 e. The summed E-state index contributed by atoms with van der Waals surface area (Å²) >= 11 is 5.55. The molecule has 7 heteroatoms. The molecule has 0 aromatic rings. The Bertz CT molecular complexity index is 484. The average molecular weight is 314 g/mol. The van der Waals surface area contributed by atoms with Crippen molar-refractivity contribution in [3.05, 3.63) is 0 Å². The lowest BCUT2D eigenvalue weighted by molar-refractivity contribution is -0.197. The van der Waals surface area contributed by atoms with Gasteiger partial charge in [-0.25, -0.2) is 0 Å². The van der Waals surface area contributed by atoms with Crippen LogP contribution in [0.15, 0.2) is 0 Å². The number of hydrogen-bond acceptors (Lipinski definition) is 5. The van der Waals surface area contributed by atoms with Crippen molar-refractivity contribution in [2.24, 2.45) is 0 Å². The third kappa shape index (κ3) is 2.17. The molecule has 0 saturated carbocycles. The molecule has 6 nitrogen and oxygen atoms in total. The molecule has 4 aliphatic heterocycles. The first-order chi connectivity index (χ1) is 9.76. The molecule has 1 N–H and O–H groups in total. The molecule has 0 aromatic carbocycles. The van der Waals surface area contributed by atoms with Crippen LogP contribution >= 0.6 is 12.2 Å². The van der Waals surface area contributed by atoms with Gasteiger partial charge in [0.2, 0.25) is 0 Å². The second kappa shape index (κ2) is 4.29. The molecule has 2 bridgehead atoms. The molecule has 1 unspecified atom stereocenters. The predicted molar refractivity (Wildman–Crippen MR) is 78.5 cm³/mol. The number of thiocarbonyl (C=S) groups is 1. The molecule has 5 atom stereocenters. The van der Waals surface area contributed by atoms with E-state index in [-0.39, 0.29) is 36.3 Å². The van der Waals surface area contributed by atoms with Gasteiger partial charge in [0.1, 0.15) is 24.5 Å². The van der Waals surface area contributed by atoms with Gasteiger partial charge < -0.3 is 24.3 Å². The largest absolute Gasteiger partial charge is 0.357 e. The number of nitrogens with zero attached hydrogens (tertiary/aromatic N) is 1. The second-order valence-corrected chi connectivity index (χ2v) is 7.73. The molecule has 4 fully saturated rings. The van der Waals surface area contributed by atoms with Crippen molar-refractivity contribution in [3.8, 4) is 0 Å². The summed E-state index contributed by atoms with van der Waals surface area (Å²) in [5.41, 5.74) is -0.0759. The smallest absolute Gasteiger partial charge is 0.173 e. The molecule has 118 valence electrons. The minimum absolute atomic E-state index is 0.0722. The summed E-state index contributed by atoms with van der Waals surface area (Å²) in [5.74, 6) is -0.584. The van der Waals surface area contributed by atoms with Crippen molar-refractivity contribution in [1.29, 1.82) is 0 Å². The van der Waals surface area contributed by atoms with Gasteiger partial charge in [0.05, 0.1) is 6.61 Å². The molecule has 0 aliphatic carbocycles. The Labute approximate surface area is 130 Å². The molecule has 0 radical (unpaired) electrons. The van der Waals surface area contributed by atoms with Gasteiger partial charge in [0, 0.05) is 12.0 Å². The zero-order valence-corrected chi connectivity index (χ0v) is 13.6. The lowest BCUT2D eigenvalue weighted by Crippen LogP contribution is -2.65. The third-order valence-electron chi connectivity index (χ3n) is 4.53. The first-order valence-corrected chi connectivity index (χ1v) is 7.90. The molecule has 4 heterocycles. The highest BCUT2D eigenvalue weighted by molar-refractivity contribution is 7.80. The van der Waals surface area contributed by atoms with E-state index >= 15 is 0 Å². The Balaban J connectivity index is 1.65. The summed E-state index contributed by atoms with van der Waals surface area (Å²) in [5, 5.41) is 4.03. The van der Waals surface area contributed by atoms with Crippen LogP contribution in [0.5, 0.6) is 0 Å². The second-order valence-electron chi connectivity index (χ2n) is 7.34. The van der Waals surface area contributed by atoms with Gasteiger partial charge in [-0.3, -0.25) is 4.90 Å². The van der Waals surface area contributed by atoms with Crippen LogP contribution in [0, 0.1) is 0 Å². The van der Waals surface area contributed by atoms with Gasteiger partial charge in [-0.05, 0) is 39.9 Å². The lowest BCUT2D eigenvalue weighted by atomic mass is 9.96. The maximum Gasteiger partial charge on any atom is 0.173 e. The van der Waals surface area contributed by atoms with E-state index in [2.05, 4.69) is 19.2 Å². The van der Waals surface area contributed by atoms with Crippen molar-refractivity contribution in [2.45, 2.75) is 76.2 Å². The number of rotatable bonds is 0. The van der Waals surface area contributed by atoms with E-state index in [1.54, 1.807) is 0 Å². The highest BCUT2D eigenvalue weighted by atomic mass is 32.1. The van der Waals surface area contributed by atoms with Crippen LogP contribution in [-0.4, -0.2) is 58.7 Å².